The number of carbonyl (C=O) groups is 2. The molecule has 0 radical (unpaired) electrons. The van der Waals surface area contributed by atoms with E-state index in [1.54, 1.807) is 24.3 Å². The van der Waals surface area contributed by atoms with Crippen LogP contribution >= 0.6 is 0 Å². The van der Waals surface area contributed by atoms with Gasteiger partial charge < -0.3 is 14.6 Å². The monoisotopic (exact) mass is 295 g/mol. The van der Waals surface area contributed by atoms with Crippen LogP contribution < -0.4 is 14.8 Å². The Bertz CT molecular complexity index is 458. The molecular weight excluding hydrogens is 274 g/mol. The fourth-order valence-electron chi connectivity index (χ4n) is 1.75. The molecule has 0 heterocycles. The Morgan fingerprint density at radius 3 is 2.33 bits per heavy atom. The van der Waals surface area contributed by atoms with E-state index >= 15 is 0 Å². The number of benzene rings is 1. The average Bonchev–Trinajstić information content (AvgIpc) is 2.45. The largest absolute Gasteiger partial charge is 0.494 e. The number of carbonyl (C=O) groups excluding carboxylic acids is 1. The predicted octanol–water partition coefficient (Wildman–Crippen LogP) is 1.83. The molecule has 0 fully saturated rings. The van der Waals surface area contributed by atoms with Gasteiger partial charge in [-0.05, 0) is 37.6 Å². The minimum atomic E-state index is -0.967. The van der Waals surface area contributed by atoms with Crippen LogP contribution in [0.4, 0.5) is 0 Å². The van der Waals surface area contributed by atoms with Crippen LogP contribution in [-0.4, -0.2) is 36.2 Å². The molecule has 1 atom stereocenters. The van der Waals surface area contributed by atoms with Gasteiger partial charge in [-0.3, -0.25) is 14.9 Å². The number of hydrogen-bond donors (Lipinski definition) is 2. The molecule has 6 heteroatoms. The van der Waals surface area contributed by atoms with Crippen LogP contribution in [0, 0.1) is 0 Å². The van der Waals surface area contributed by atoms with Crippen LogP contribution in [0.2, 0.25) is 0 Å². The van der Waals surface area contributed by atoms with E-state index in [4.69, 9.17) is 14.6 Å². The Morgan fingerprint density at radius 1 is 1.19 bits per heavy atom. The fraction of sp³-hybridized carbons (Fsp3) is 0.467. The standard InChI is InChI=1S/C15H21NO5/c1-3-5-13(15(18)19)16-10-14(17)21-12-8-6-11(7-9-12)20-4-2/h6-9,13,16H,3-5,10H2,1-2H3,(H,18,19). The quantitative estimate of drug-likeness (QED) is 0.534. The highest BCUT2D eigenvalue weighted by molar-refractivity contribution is 5.77. The highest BCUT2D eigenvalue weighted by Gasteiger charge is 2.17. The molecule has 1 aromatic carbocycles. The fourth-order valence-corrected chi connectivity index (χ4v) is 1.75. The van der Waals surface area contributed by atoms with Crippen molar-refractivity contribution in [1.82, 2.24) is 5.32 Å². The van der Waals surface area contributed by atoms with E-state index in [9.17, 15) is 9.59 Å². The molecule has 1 rings (SSSR count). The van der Waals surface area contributed by atoms with Crippen molar-refractivity contribution < 1.29 is 24.2 Å². The van der Waals surface area contributed by atoms with Gasteiger partial charge in [-0.15, -0.1) is 0 Å². The second-order valence-electron chi connectivity index (χ2n) is 4.44. The first-order chi connectivity index (χ1) is 10.1. The van der Waals surface area contributed by atoms with Gasteiger partial charge in [-0.2, -0.15) is 0 Å². The molecule has 6 nitrogen and oxygen atoms in total. The summed E-state index contributed by atoms with van der Waals surface area (Å²) in [5.41, 5.74) is 0. The normalized spacial score (nSPS) is 11.7. The second kappa shape index (κ2) is 8.97. The summed E-state index contributed by atoms with van der Waals surface area (Å²) >= 11 is 0. The Hall–Kier alpha value is -2.08. The molecule has 0 saturated heterocycles. The number of carboxylic acid groups (broad SMARTS) is 1. The number of ether oxygens (including phenoxy) is 2. The van der Waals surface area contributed by atoms with Crippen LogP contribution in [-0.2, 0) is 9.59 Å². The number of carboxylic acids is 1. The molecule has 1 unspecified atom stereocenters. The van der Waals surface area contributed by atoms with Crippen LogP contribution in [0.5, 0.6) is 11.5 Å². The number of rotatable bonds is 9. The highest BCUT2D eigenvalue weighted by Crippen LogP contribution is 2.17. The van der Waals surface area contributed by atoms with Gasteiger partial charge in [0.25, 0.3) is 0 Å². The van der Waals surface area contributed by atoms with E-state index in [0.717, 1.165) is 6.42 Å². The smallest absolute Gasteiger partial charge is 0.325 e. The summed E-state index contributed by atoms with van der Waals surface area (Å²) in [6, 6.07) is 5.93. The lowest BCUT2D eigenvalue weighted by molar-refractivity contribution is -0.140. The van der Waals surface area contributed by atoms with Gasteiger partial charge >= 0.3 is 11.9 Å². The Balaban J connectivity index is 2.44. The summed E-state index contributed by atoms with van der Waals surface area (Å²) in [4.78, 5) is 22.6. The summed E-state index contributed by atoms with van der Waals surface area (Å²) in [5.74, 6) is -0.399. The van der Waals surface area contributed by atoms with Crippen molar-refractivity contribution in [2.75, 3.05) is 13.2 Å². The van der Waals surface area contributed by atoms with Crippen molar-refractivity contribution in [3.63, 3.8) is 0 Å². The number of nitrogens with one attached hydrogen (secondary N) is 1. The summed E-state index contributed by atoms with van der Waals surface area (Å²) < 4.78 is 10.4. The molecule has 116 valence electrons. The van der Waals surface area contributed by atoms with Crippen molar-refractivity contribution in [1.29, 1.82) is 0 Å². The molecule has 0 bridgehead atoms. The van der Waals surface area contributed by atoms with Gasteiger partial charge in [-0.1, -0.05) is 13.3 Å². The SMILES string of the molecule is CCCC(NCC(=O)Oc1ccc(OCC)cc1)C(=O)O. The second-order valence-corrected chi connectivity index (χ2v) is 4.44. The summed E-state index contributed by atoms with van der Waals surface area (Å²) in [5, 5.41) is 11.6. The molecule has 0 aromatic heterocycles. The van der Waals surface area contributed by atoms with Gasteiger partial charge in [0, 0.05) is 0 Å². The minimum Gasteiger partial charge on any atom is -0.494 e. The Labute approximate surface area is 124 Å². The van der Waals surface area contributed by atoms with Crippen LogP contribution in [0.1, 0.15) is 26.7 Å². The lowest BCUT2D eigenvalue weighted by atomic mass is 10.2. The first-order valence-electron chi connectivity index (χ1n) is 6.96. The maximum absolute atomic E-state index is 11.6. The Kier molecular flexibility index (Phi) is 7.25. The van der Waals surface area contributed by atoms with E-state index in [1.807, 2.05) is 13.8 Å². The van der Waals surface area contributed by atoms with Crippen molar-refractivity contribution >= 4 is 11.9 Å². The molecular formula is C15H21NO5. The lowest BCUT2D eigenvalue weighted by Gasteiger charge is -2.12. The average molecular weight is 295 g/mol. The Morgan fingerprint density at radius 2 is 1.81 bits per heavy atom. The summed E-state index contributed by atoms with van der Waals surface area (Å²) in [6.45, 7) is 4.19. The first kappa shape index (κ1) is 17.0. The van der Waals surface area contributed by atoms with Crippen LogP contribution in [0.25, 0.3) is 0 Å². The molecule has 0 amide bonds. The third-order valence-corrected chi connectivity index (χ3v) is 2.73. The van der Waals surface area contributed by atoms with Crippen LogP contribution in [0.15, 0.2) is 24.3 Å². The number of aliphatic carboxylic acids is 1. The zero-order valence-electron chi connectivity index (χ0n) is 12.3. The summed E-state index contributed by atoms with van der Waals surface area (Å²) in [6.07, 6.45) is 1.18. The van der Waals surface area contributed by atoms with Gasteiger partial charge in [-0.25, -0.2) is 0 Å². The lowest BCUT2D eigenvalue weighted by Crippen LogP contribution is -2.40. The topological polar surface area (TPSA) is 84.9 Å². The third-order valence-electron chi connectivity index (χ3n) is 2.73. The van der Waals surface area contributed by atoms with E-state index in [2.05, 4.69) is 5.32 Å². The predicted molar refractivity (Wildman–Crippen MR) is 77.6 cm³/mol. The molecule has 0 aliphatic rings. The summed E-state index contributed by atoms with van der Waals surface area (Å²) in [7, 11) is 0. The van der Waals surface area contributed by atoms with E-state index < -0.39 is 18.0 Å². The van der Waals surface area contributed by atoms with Crippen molar-refractivity contribution in [3.05, 3.63) is 24.3 Å². The first-order valence-corrected chi connectivity index (χ1v) is 6.96. The van der Waals surface area contributed by atoms with Crippen molar-refractivity contribution in [2.45, 2.75) is 32.7 Å². The molecule has 0 aliphatic heterocycles. The molecule has 0 saturated carbocycles. The maximum Gasteiger partial charge on any atom is 0.325 e. The van der Waals surface area contributed by atoms with Gasteiger partial charge in [0.1, 0.15) is 17.5 Å². The molecule has 0 spiro atoms. The third kappa shape index (κ3) is 6.27. The molecule has 1 aromatic rings. The van der Waals surface area contributed by atoms with Crippen LogP contribution in [0.3, 0.4) is 0 Å². The van der Waals surface area contributed by atoms with Gasteiger partial charge in [0.15, 0.2) is 0 Å². The maximum atomic E-state index is 11.6. The number of hydrogen-bond acceptors (Lipinski definition) is 5. The zero-order valence-corrected chi connectivity index (χ0v) is 12.3. The highest BCUT2D eigenvalue weighted by atomic mass is 16.5. The number of esters is 1. The van der Waals surface area contributed by atoms with Gasteiger partial charge in [0.05, 0.1) is 13.2 Å². The van der Waals surface area contributed by atoms with Crippen molar-refractivity contribution in [3.8, 4) is 11.5 Å². The van der Waals surface area contributed by atoms with Gasteiger partial charge in [0.2, 0.25) is 0 Å². The minimum absolute atomic E-state index is 0.149. The van der Waals surface area contributed by atoms with E-state index in [-0.39, 0.29) is 6.54 Å². The molecule has 0 aliphatic carbocycles. The van der Waals surface area contributed by atoms with Crippen molar-refractivity contribution in [2.24, 2.45) is 0 Å². The van der Waals surface area contributed by atoms with E-state index in [1.165, 1.54) is 0 Å². The molecule has 21 heavy (non-hydrogen) atoms. The van der Waals surface area contributed by atoms with E-state index in [0.29, 0.717) is 24.5 Å². The zero-order chi connectivity index (χ0) is 15.7. The molecule has 2 N–H and O–H groups in total.